The van der Waals surface area contributed by atoms with E-state index in [-0.39, 0.29) is 17.3 Å². The number of aromatic nitrogens is 1. The lowest BCUT2D eigenvalue weighted by molar-refractivity contribution is -0.114. The molecule has 1 aromatic carbocycles. The zero-order valence-electron chi connectivity index (χ0n) is 18.8. The Labute approximate surface area is 190 Å². The van der Waals surface area contributed by atoms with Crippen LogP contribution in [0.4, 0.5) is 0 Å². The van der Waals surface area contributed by atoms with Gasteiger partial charge in [-0.3, -0.25) is 9.78 Å². The lowest BCUT2D eigenvalue weighted by Gasteiger charge is -2.52. The number of fused-ring (bicyclic) bond motifs is 4. The molecule has 2 saturated carbocycles. The molecule has 0 bridgehead atoms. The van der Waals surface area contributed by atoms with Gasteiger partial charge in [0.25, 0.3) is 0 Å². The van der Waals surface area contributed by atoms with E-state index in [1.807, 2.05) is 18.3 Å². The molecule has 4 aliphatic rings. The summed E-state index contributed by atoms with van der Waals surface area (Å²) in [5, 5.41) is 11.0. The van der Waals surface area contributed by atoms with Crippen LogP contribution < -0.4 is 0 Å². The molecule has 3 heteroatoms. The molecule has 1 heterocycles. The largest absolute Gasteiger partial charge is 0.393 e. The fraction of sp³-hybridized carbons (Fsp3) is 0.448. The number of ketones is 1. The van der Waals surface area contributed by atoms with Gasteiger partial charge in [0.15, 0.2) is 5.78 Å². The van der Waals surface area contributed by atoms with Gasteiger partial charge in [0.1, 0.15) is 0 Å². The second kappa shape index (κ2) is 7.52. The number of benzene rings is 1. The van der Waals surface area contributed by atoms with Gasteiger partial charge in [0, 0.05) is 24.7 Å². The predicted octanol–water partition coefficient (Wildman–Crippen LogP) is 6.01. The number of carbonyl (C=O) groups is 1. The normalized spacial score (nSPS) is 33.9. The summed E-state index contributed by atoms with van der Waals surface area (Å²) in [5.41, 5.74) is 8.02. The van der Waals surface area contributed by atoms with E-state index in [2.05, 4.69) is 42.2 Å². The summed E-state index contributed by atoms with van der Waals surface area (Å²) in [4.78, 5) is 16.4. The SMILES string of the molecule is C[C@]12C[C@H](c3ccc(-c4cccnc4)cc3)C3=C4CCC(=O)C=C4CCC3C1CC[C@@H]2O. The van der Waals surface area contributed by atoms with E-state index in [1.54, 1.807) is 11.8 Å². The third kappa shape index (κ3) is 3.05. The highest BCUT2D eigenvalue weighted by atomic mass is 16.3. The Bertz CT molecular complexity index is 1110. The van der Waals surface area contributed by atoms with Gasteiger partial charge in [0.2, 0.25) is 0 Å². The average Bonchev–Trinajstić information content (AvgIpc) is 3.13. The third-order valence-corrected chi connectivity index (χ3v) is 8.99. The van der Waals surface area contributed by atoms with E-state index in [4.69, 9.17) is 0 Å². The molecule has 0 spiro atoms. The Balaban J connectivity index is 1.46. The maximum Gasteiger partial charge on any atom is 0.156 e. The first-order valence-corrected chi connectivity index (χ1v) is 12.2. The molecule has 2 aromatic rings. The molecule has 1 aromatic heterocycles. The molecule has 1 N–H and O–H groups in total. The van der Waals surface area contributed by atoms with Gasteiger partial charge in [0.05, 0.1) is 6.10 Å². The van der Waals surface area contributed by atoms with Gasteiger partial charge in [-0.15, -0.1) is 0 Å². The molecule has 0 amide bonds. The van der Waals surface area contributed by atoms with Gasteiger partial charge in [-0.1, -0.05) is 42.8 Å². The first kappa shape index (κ1) is 20.1. The summed E-state index contributed by atoms with van der Waals surface area (Å²) < 4.78 is 0. The van der Waals surface area contributed by atoms with Crippen LogP contribution in [0.25, 0.3) is 11.1 Å². The van der Waals surface area contributed by atoms with Gasteiger partial charge in [-0.25, -0.2) is 0 Å². The van der Waals surface area contributed by atoms with E-state index < -0.39 is 0 Å². The third-order valence-electron chi connectivity index (χ3n) is 8.99. The molecule has 5 atom stereocenters. The average molecular weight is 426 g/mol. The molecule has 3 nitrogen and oxygen atoms in total. The van der Waals surface area contributed by atoms with Crippen LogP contribution in [0.2, 0.25) is 0 Å². The number of allylic oxidation sites excluding steroid dienone is 4. The Kier molecular flexibility index (Phi) is 4.73. The van der Waals surface area contributed by atoms with Crippen molar-refractivity contribution in [3.63, 3.8) is 0 Å². The molecular formula is C29H31NO2. The van der Waals surface area contributed by atoms with Gasteiger partial charge in [-0.2, -0.15) is 0 Å². The van der Waals surface area contributed by atoms with Crippen LogP contribution in [0.3, 0.4) is 0 Å². The number of nitrogens with zero attached hydrogens (tertiary/aromatic N) is 1. The zero-order chi connectivity index (χ0) is 21.9. The number of aliphatic hydroxyl groups excluding tert-OH is 1. The minimum absolute atomic E-state index is 0.0207. The van der Waals surface area contributed by atoms with Crippen LogP contribution in [-0.4, -0.2) is 22.0 Å². The Hall–Kier alpha value is -2.52. The lowest BCUT2D eigenvalue weighted by Crippen LogP contribution is -2.45. The standard InChI is InChI=1S/C29H31NO2/c1-29-16-25(19-6-4-18(5-7-19)21-3-2-14-30-17-21)28-23-11-9-22(31)15-20(23)8-10-24(28)26(29)12-13-27(29)32/h2-7,14-15,17,24-27,32H,8-13,16H2,1H3/t24?,25-,26?,27+,29+/m1/s1. The summed E-state index contributed by atoms with van der Waals surface area (Å²) >= 11 is 0. The van der Waals surface area contributed by atoms with Gasteiger partial charge < -0.3 is 5.11 Å². The highest BCUT2D eigenvalue weighted by Gasteiger charge is 2.56. The summed E-state index contributed by atoms with van der Waals surface area (Å²) in [6, 6.07) is 13.1. The quantitative estimate of drug-likeness (QED) is 0.641. The zero-order valence-corrected chi connectivity index (χ0v) is 18.8. The summed E-state index contributed by atoms with van der Waals surface area (Å²) in [5.74, 6) is 1.71. The smallest absolute Gasteiger partial charge is 0.156 e. The van der Waals surface area contributed by atoms with Crippen LogP contribution in [0.1, 0.15) is 63.4 Å². The maximum atomic E-state index is 12.1. The van der Waals surface area contributed by atoms with Crippen molar-refractivity contribution < 1.29 is 9.90 Å². The highest BCUT2D eigenvalue weighted by molar-refractivity contribution is 5.93. The van der Waals surface area contributed by atoms with E-state index in [0.29, 0.717) is 24.2 Å². The summed E-state index contributed by atoms with van der Waals surface area (Å²) in [7, 11) is 0. The van der Waals surface area contributed by atoms with E-state index in [1.165, 1.54) is 22.3 Å². The molecule has 164 valence electrons. The molecule has 0 aliphatic heterocycles. The first-order valence-electron chi connectivity index (χ1n) is 12.2. The minimum Gasteiger partial charge on any atom is -0.393 e. The molecular weight excluding hydrogens is 394 g/mol. The van der Waals surface area contributed by atoms with Crippen LogP contribution in [0.5, 0.6) is 0 Å². The Morgan fingerprint density at radius 2 is 1.84 bits per heavy atom. The number of rotatable bonds is 2. The highest BCUT2D eigenvalue weighted by Crippen LogP contribution is 2.63. The van der Waals surface area contributed by atoms with Crippen molar-refractivity contribution in [1.82, 2.24) is 4.98 Å². The number of carbonyl (C=O) groups excluding carboxylic acids is 1. The van der Waals surface area contributed by atoms with Crippen LogP contribution in [0.15, 0.2) is 71.6 Å². The maximum absolute atomic E-state index is 12.1. The molecule has 6 rings (SSSR count). The van der Waals surface area contributed by atoms with E-state index in [9.17, 15) is 9.90 Å². The monoisotopic (exact) mass is 425 g/mol. The van der Waals surface area contributed by atoms with Crippen LogP contribution in [-0.2, 0) is 4.79 Å². The summed E-state index contributed by atoms with van der Waals surface area (Å²) in [6.45, 7) is 2.34. The van der Waals surface area contributed by atoms with Crippen molar-refractivity contribution >= 4 is 5.78 Å². The number of pyridine rings is 1. The lowest BCUT2D eigenvalue weighted by atomic mass is 9.53. The van der Waals surface area contributed by atoms with Gasteiger partial charge in [-0.05, 0) is 95.8 Å². The van der Waals surface area contributed by atoms with Crippen molar-refractivity contribution in [2.75, 3.05) is 0 Å². The molecule has 2 fully saturated rings. The second-order valence-electron chi connectivity index (χ2n) is 10.5. The summed E-state index contributed by atoms with van der Waals surface area (Å²) in [6.07, 6.45) is 12.2. The van der Waals surface area contributed by atoms with Crippen molar-refractivity contribution in [3.05, 3.63) is 77.2 Å². The van der Waals surface area contributed by atoms with Crippen molar-refractivity contribution in [1.29, 1.82) is 0 Å². The molecule has 4 aliphatic carbocycles. The van der Waals surface area contributed by atoms with Crippen LogP contribution in [0, 0.1) is 17.3 Å². The fourth-order valence-corrected chi connectivity index (χ4v) is 7.37. The van der Waals surface area contributed by atoms with Crippen molar-refractivity contribution in [2.24, 2.45) is 17.3 Å². The number of aliphatic hydroxyl groups is 1. The van der Waals surface area contributed by atoms with Crippen molar-refractivity contribution in [3.8, 4) is 11.1 Å². The predicted molar refractivity (Wildman–Crippen MR) is 126 cm³/mol. The molecule has 0 radical (unpaired) electrons. The topological polar surface area (TPSA) is 50.2 Å². The van der Waals surface area contributed by atoms with E-state index in [0.717, 1.165) is 44.1 Å². The fourth-order valence-electron chi connectivity index (χ4n) is 7.37. The minimum atomic E-state index is -0.207. The van der Waals surface area contributed by atoms with Crippen molar-refractivity contribution in [2.45, 2.75) is 63.9 Å². The van der Waals surface area contributed by atoms with Crippen LogP contribution >= 0.6 is 0 Å². The number of hydrogen-bond acceptors (Lipinski definition) is 3. The second-order valence-corrected chi connectivity index (χ2v) is 10.5. The number of hydrogen-bond donors (Lipinski definition) is 1. The van der Waals surface area contributed by atoms with Gasteiger partial charge >= 0.3 is 0 Å². The van der Waals surface area contributed by atoms with E-state index >= 15 is 0 Å². The molecule has 2 unspecified atom stereocenters. The molecule has 0 saturated heterocycles. The Morgan fingerprint density at radius 3 is 2.62 bits per heavy atom. The first-order chi connectivity index (χ1) is 15.5. The Morgan fingerprint density at radius 1 is 1.00 bits per heavy atom. The molecule has 32 heavy (non-hydrogen) atoms.